The molecule has 0 aliphatic heterocycles. The van der Waals surface area contributed by atoms with E-state index >= 15 is 0 Å². The fraction of sp³-hybridized carbons (Fsp3) is 0.222. The Kier molecular flexibility index (Phi) is 4.68. The predicted octanol–water partition coefficient (Wildman–Crippen LogP) is 2.30. The van der Waals surface area contributed by atoms with E-state index in [0.717, 1.165) is 5.69 Å². The third kappa shape index (κ3) is 4.38. The van der Waals surface area contributed by atoms with Crippen molar-refractivity contribution in [3.8, 4) is 0 Å². The Morgan fingerprint density at radius 3 is 2.40 bits per heavy atom. The van der Waals surface area contributed by atoms with E-state index in [0.29, 0.717) is 16.6 Å². The minimum absolute atomic E-state index is 0.167. The molecule has 0 aromatic heterocycles. The summed E-state index contributed by atoms with van der Waals surface area (Å²) < 4.78 is 0. The van der Waals surface area contributed by atoms with E-state index in [9.17, 15) is 4.79 Å². The molecule has 0 radical (unpaired) electrons. The summed E-state index contributed by atoms with van der Waals surface area (Å²) in [7, 11) is 0. The highest BCUT2D eigenvalue weighted by molar-refractivity contribution is 6.35. The van der Waals surface area contributed by atoms with Crippen molar-refractivity contribution >= 4 is 34.8 Å². The summed E-state index contributed by atoms with van der Waals surface area (Å²) in [6.45, 7) is 0.392. The standard InChI is InChI=1S/C9H10Cl2N2O2/c10-6-3-7(11)5-8(4-6)12-2-1-9(14)13-15/h3-5,12,15H,1-2H2,(H,13,14). The molecule has 0 aliphatic rings. The normalized spacial score (nSPS) is 9.80. The van der Waals surface area contributed by atoms with Crippen molar-refractivity contribution in [3.63, 3.8) is 0 Å². The van der Waals surface area contributed by atoms with Crippen LogP contribution in [0.1, 0.15) is 6.42 Å². The molecule has 1 aromatic carbocycles. The van der Waals surface area contributed by atoms with Gasteiger partial charge in [0, 0.05) is 28.7 Å². The Morgan fingerprint density at radius 2 is 1.87 bits per heavy atom. The van der Waals surface area contributed by atoms with Gasteiger partial charge in [-0.2, -0.15) is 0 Å². The van der Waals surface area contributed by atoms with Crippen LogP contribution in [0, 0.1) is 0 Å². The number of rotatable bonds is 4. The number of hydrogen-bond donors (Lipinski definition) is 3. The molecule has 1 rings (SSSR count). The van der Waals surface area contributed by atoms with Gasteiger partial charge in [0.15, 0.2) is 0 Å². The molecule has 15 heavy (non-hydrogen) atoms. The van der Waals surface area contributed by atoms with Crippen molar-refractivity contribution in [2.45, 2.75) is 6.42 Å². The third-order valence-corrected chi connectivity index (χ3v) is 2.10. The second kappa shape index (κ2) is 5.80. The molecule has 3 N–H and O–H groups in total. The van der Waals surface area contributed by atoms with E-state index < -0.39 is 5.91 Å². The minimum atomic E-state index is -0.448. The van der Waals surface area contributed by atoms with E-state index in [1.807, 2.05) is 0 Å². The topological polar surface area (TPSA) is 61.4 Å². The van der Waals surface area contributed by atoms with Crippen molar-refractivity contribution in [3.05, 3.63) is 28.2 Å². The van der Waals surface area contributed by atoms with Crippen molar-refractivity contribution in [2.75, 3.05) is 11.9 Å². The van der Waals surface area contributed by atoms with Gasteiger partial charge >= 0.3 is 0 Å². The van der Waals surface area contributed by atoms with Crippen molar-refractivity contribution in [1.29, 1.82) is 0 Å². The molecule has 6 heteroatoms. The first kappa shape index (κ1) is 12.1. The van der Waals surface area contributed by atoms with Gasteiger partial charge in [0.25, 0.3) is 0 Å². The Bertz CT molecular complexity index is 338. The highest BCUT2D eigenvalue weighted by atomic mass is 35.5. The largest absolute Gasteiger partial charge is 0.384 e. The van der Waals surface area contributed by atoms with Crippen LogP contribution in [-0.2, 0) is 4.79 Å². The maximum atomic E-state index is 10.7. The molecule has 0 atom stereocenters. The Labute approximate surface area is 97.1 Å². The van der Waals surface area contributed by atoms with Crippen LogP contribution in [-0.4, -0.2) is 17.7 Å². The van der Waals surface area contributed by atoms with Gasteiger partial charge < -0.3 is 5.32 Å². The van der Waals surface area contributed by atoms with Gasteiger partial charge in [-0.3, -0.25) is 10.0 Å². The number of halogens is 2. The summed E-state index contributed by atoms with van der Waals surface area (Å²) in [5.74, 6) is -0.448. The smallest absolute Gasteiger partial charge is 0.245 e. The highest BCUT2D eigenvalue weighted by Gasteiger charge is 2.00. The number of hydrogen-bond acceptors (Lipinski definition) is 3. The summed E-state index contributed by atoms with van der Waals surface area (Å²) in [5, 5.41) is 12.3. The maximum absolute atomic E-state index is 10.7. The first-order valence-corrected chi connectivity index (χ1v) is 5.00. The van der Waals surface area contributed by atoms with E-state index in [4.69, 9.17) is 28.4 Å². The number of amides is 1. The molecule has 1 amide bonds. The van der Waals surface area contributed by atoms with Gasteiger partial charge in [-0.1, -0.05) is 23.2 Å². The van der Waals surface area contributed by atoms with Crippen LogP contribution in [0.2, 0.25) is 10.0 Å². The fourth-order valence-electron chi connectivity index (χ4n) is 1.03. The van der Waals surface area contributed by atoms with Gasteiger partial charge in [-0.15, -0.1) is 0 Å². The van der Waals surface area contributed by atoms with Crippen LogP contribution in [0.3, 0.4) is 0 Å². The molecule has 0 saturated carbocycles. The number of carbonyl (C=O) groups excluding carboxylic acids is 1. The first-order chi connectivity index (χ1) is 7.11. The molecule has 0 aliphatic carbocycles. The highest BCUT2D eigenvalue weighted by Crippen LogP contribution is 2.22. The summed E-state index contributed by atoms with van der Waals surface area (Å²) in [4.78, 5) is 10.7. The number of anilines is 1. The summed E-state index contributed by atoms with van der Waals surface area (Å²) >= 11 is 11.6. The van der Waals surface area contributed by atoms with Crippen LogP contribution in [0.4, 0.5) is 5.69 Å². The van der Waals surface area contributed by atoms with Crippen LogP contribution in [0.25, 0.3) is 0 Å². The lowest BCUT2D eigenvalue weighted by Crippen LogP contribution is -2.21. The lowest BCUT2D eigenvalue weighted by molar-refractivity contribution is -0.128. The van der Waals surface area contributed by atoms with Gasteiger partial charge in [-0.05, 0) is 18.2 Å². The lowest BCUT2D eigenvalue weighted by atomic mass is 10.3. The number of nitrogens with one attached hydrogen (secondary N) is 2. The average Bonchev–Trinajstić information content (AvgIpc) is 2.16. The SMILES string of the molecule is O=C(CCNc1cc(Cl)cc(Cl)c1)NO. The zero-order valence-electron chi connectivity index (χ0n) is 7.76. The number of hydroxylamine groups is 1. The van der Waals surface area contributed by atoms with Crippen LogP contribution in [0.5, 0.6) is 0 Å². The predicted molar refractivity (Wildman–Crippen MR) is 59.5 cm³/mol. The molecular formula is C9H10Cl2N2O2. The lowest BCUT2D eigenvalue weighted by Gasteiger charge is -2.06. The molecule has 0 heterocycles. The van der Waals surface area contributed by atoms with Gasteiger partial charge in [0.2, 0.25) is 5.91 Å². The van der Waals surface area contributed by atoms with Crippen LogP contribution >= 0.6 is 23.2 Å². The van der Waals surface area contributed by atoms with E-state index in [-0.39, 0.29) is 6.42 Å². The van der Waals surface area contributed by atoms with E-state index in [1.165, 1.54) is 0 Å². The zero-order valence-corrected chi connectivity index (χ0v) is 9.27. The fourth-order valence-corrected chi connectivity index (χ4v) is 1.56. The second-order valence-corrected chi connectivity index (χ2v) is 3.74. The molecule has 82 valence electrons. The minimum Gasteiger partial charge on any atom is -0.384 e. The summed E-state index contributed by atoms with van der Waals surface area (Å²) in [5.41, 5.74) is 2.28. The monoisotopic (exact) mass is 248 g/mol. The van der Waals surface area contributed by atoms with Gasteiger partial charge in [0.05, 0.1) is 0 Å². The number of carbonyl (C=O) groups is 1. The van der Waals surface area contributed by atoms with Gasteiger partial charge in [-0.25, -0.2) is 5.48 Å². The molecule has 0 spiro atoms. The van der Waals surface area contributed by atoms with Crippen molar-refractivity contribution < 1.29 is 10.0 Å². The van der Waals surface area contributed by atoms with Crippen molar-refractivity contribution in [2.24, 2.45) is 0 Å². The van der Waals surface area contributed by atoms with Gasteiger partial charge in [0.1, 0.15) is 0 Å². The van der Waals surface area contributed by atoms with E-state index in [1.54, 1.807) is 23.7 Å². The zero-order chi connectivity index (χ0) is 11.3. The molecule has 4 nitrogen and oxygen atoms in total. The number of benzene rings is 1. The quantitative estimate of drug-likeness (QED) is 0.566. The molecule has 0 saturated heterocycles. The van der Waals surface area contributed by atoms with Crippen LogP contribution in [0.15, 0.2) is 18.2 Å². The third-order valence-electron chi connectivity index (χ3n) is 1.67. The molecule has 0 fully saturated rings. The Morgan fingerprint density at radius 1 is 1.27 bits per heavy atom. The second-order valence-electron chi connectivity index (χ2n) is 2.87. The van der Waals surface area contributed by atoms with E-state index in [2.05, 4.69) is 5.32 Å². The molecule has 0 unspecified atom stereocenters. The van der Waals surface area contributed by atoms with Crippen molar-refractivity contribution in [1.82, 2.24) is 5.48 Å². The Hall–Kier alpha value is -0.970. The molecule has 1 aromatic rings. The summed E-state index contributed by atoms with van der Waals surface area (Å²) in [6, 6.07) is 5.02. The van der Waals surface area contributed by atoms with Crippen LogP contribution < -0.4 is 10.8 Å². The Balaban J connectivity index is 2.47. The molecular weight excluding hydrogens is 239 g/mol. The maximum Gasteiger partial charge on any atom is 0.245 e. The molecule has 0 bridgehead atoms. The average molecular weight is 249 g/mol. The summed E-state index contributed by atoms with van der Waals surface area (Å²) in [6.07, 6.45) is 0.167. The first-order valence-electron chi connectivity index (χ1n) is 4.24.